The van der Waals surface area contributed by atoms with Crippen LogP contribution in [0, 0.1) is 11.7 Å². The molecule has 1 unspecified atom stereocenters. The highest BCUT2D eigenvalue weighted by Gasteiger charge is 2.15. The number of hydrogen-bond acceptors (Lipinski definition) is 2. The zero-order valence-corrected chi connectivity index (χ0v) is 11.0. The van der Waals surface area contributed by atoms with Crippen molar-refractivity contribution >= 4 is 17.5 Å². The van der Waals surface area contributed by atoms with Crippen LogP contribution < -0.4 is 5.32 Å². The largest absolute Gasteiger partial charge is 0.396 e. The number of halogens is 2. The van der Waals surface area contributed by atoms with Crippen LogP contribution in [0.1, 0.15) is 30.1 Å². The van der Waals surface area contributed by atoms with Crippen molar-refractivity contribution in [3.05, 3.63) is 34.6 Å². The molecule has 1 aromatic rings. The Labute approximate surface area is 111 Å². The summed E-state index contributed by atoms with van der Waals surface area (Å²) in [4.78, 5) is 11.8. The van der Waals surface area contributed by atoms with E-state index in [0.717, 1.165) is 6.42 Å². The minimum absolute atomic E-state index is 0.0543. The van der Waals surface area contributed by atoms with Crippen molar-refractivity contribution in [1.82, 2.24) is 5.32 Å². The van der Waals surface area contributed by atoms with E-state index in [2.05, 4.69) is 5.32 Å². The summed E-state index contributed by atoms with van der Waals surface area (Å²) < 4.78 is 13.6. The Morgan fingerprint density at radius 1 is 1.56 bits per heavy atom. The summed E-state index contributed by atoms with van der Waals surface area (Å²) in [5.41, 5.74) is -0.0543. The lowest BCUT2D eigenvalue weighted by atomic mass is 10.0. The molecule has 0 heterocycles. The third-order valence-electron chi connectivity index (χ3n) is 2.86. The summed E-state index contributed by atoms with van der Waals surface area (Å²) >= 11 is 5.61. The molecule has 1 rings (SSSR count). The van der Waals surface area contributed by atoms with Gasteiger partial charge in [0.1, 0.15) is 0 Å². The molecule has 0 aliphatic rings. The summed E-state index contributed by atoms with van der Waals surface area (Å²) in [6.07, 6.45) is 1.47. The fourth-order valence-corrected chi connectivity index (χ4v) is 1.82. The zero-order chi connectivity index (χ0) is 13.5. The maximum atomic E-state index is 13.6. The van der Waals surface area contributed by atoms with E-state index in [-0.39, 0.29) is 23.1 Å². The first-order valence-electron chi connectivity index (χ1n) is 5.93. The molecule has 1 aromatic carbocycles. The number of benzene rings is 1. The summed E-state index contributed by atoms with van der Waals surface area (Å²) in [6.45, 7) is 2.48. The molecule has 18 heavy (non-hydrogen) atoms. The van der Waals surface area contributed by atoms with E-state index in [1.807, 2.05) is 6.92 Å². The molecule has 0 aliphatic heterocycles. The van der Waals surface area contributed by atoms with Gasteiger partial charge in [0.15, 0.2) is 5.82 Å². The van der Waals surface area contributed by atoms with Crippen LogP contribution >= 0.6 is 11.6 Å². The number of aliphatic hydroxyl groups excluding tert-OH is 1. The molecule has 5 heteroatoms. The van der Waals surface area contributed by atoms with Gasteiger partial charge >= 0.3 is 0 Å². The minimum atomic E-state index is -0.702. The van der Waals surface area contributed by atoms with Crippen molar-refractivity contribution in [1.29, 1.82) is 0 Å². The van der Waals surface area contributed by atoms with Crippen LogP contribution in [0.25, 0.3) is 0 Å². The molecule has 0 saturated heterocycles. The smallest absolute Gasteiger partial charge is 0.254 e. The number of rotatable bonds is 6. The molecule has 0 spiro atoms. The fourth-order valence-electron chi connectivity index (χ4n) is 1.64. The summed E-state index contributed by atoms with van der Waals surface area (Å²) in [5.74, 6) is -0.987. The number of hydrogen-bond donors (Lipinski definition) is 2. The molecule has 3 nitrogen and oxygen atoms in total. The number of amides is 1. The van der Waals surface area contributed by atoms with Gasteiger partial charge in [0.25, 0.3) is 5.91 Å². The fraction of sp³-hybridized carbons (Fsp3) is 0.462. The van der Waals surface area contributed by atoms with Crippen LogP contribution in [0.2, 0.25) is 5.02 Å². The standard InChI is InChI=1S/C13H17ClFNO2/c1-2-9(6-7-17)8-16-13(18)10-4-3-5-11(14)12(10)15/h3-5,9,17H,2,6-8H2,1H3,(H,16,18). The molecular formula is C13H17ClFNO2. The van der Waals surface area contributed by atoms with Crippen molar-refractivity contribution in [3.63, 3.8) is 0 Å². The Kier molecular flexibility index (Phi) is 6.09. The van der Waals surface area contributed by atoms with E-state index in [4.69, 9.17) is 16.7 Å². The Morgan fingerprint density at radius 2 is 2.28 bits per heavy atom. The lowest BCUT2D eigenvalue weighted by Crippen LogP contribution is -2.30. The quantitative estimate of drug-likeness (QED) is 0.837. The maximum Gasteiger partial charge on any atom is 0.254 e. The molecule has 0 fully saturated rings. The SMILES string of the molecule is CCC(CCO)CNC(=O)c1cccc(Cl)c1F. The average molecular weight is 274 g/mol. The molecular weight excluding hydrogens is 257 g/mol. The number of carbonyl (C=O) groups excluding carboxylic acids is 1. The Morgan fingerprint density at radius 3 is 2.89 bits per heavy atom. The van der Waals surface area contributed by atoms with Gasteiger partial charge in [-0.1, -0.05) is 31.0 Å². The molecule has 100 valence electrons. The van der Waals surface area contributed by atoms with Crippen LogP contribution in [0.5, 0.6) is 0 Å². The lowest BCUT2D eigenvalue weighted by molar-refractivity contribution is 0.0939. The Bertz CT molecular complexity index is 412. The van der Waals surface area contributed by atoms with Gasteiger partial charge in [-0.2, -0.15) is 0 Å². The first-order valence-corrected chi connectivity index (χ1v) is 6.31. The van der Waals surface area contributed by atoms with Gasteiger partial charge in [-0.05, 0) is 24.5 Å². The summed E-state index contributed by atoms with van der Waals surface area (Å²) in [5, 5.41) is 11.4. The predicted molar refractivity (Wildman–Crippen MR) is 69.2 cm³/mol. The van der Waals surface area contributed by atoms with Crippen LogP contribution in [-0.4, -0.2) is 24.2 Å². The van der Waals surface area contributed by atoms with E-state index < -0.39 is 11.7 Å². The Balaban J connectivity index is 2.62. The van der Waals surface area contributed by atoms with Crippen molar-refractivity contribution in [2.24, 2.45) is 5.92 Å². The maximum absolute atomic E-state index is 13.6. The second-order valence-corrected chi connectivity index (χ2v) is 4.51. The van der Waals surface area contributed by atoms with Gasteiger partial charge in [-0.15, -0.1) is 0 Å². The number of nitrogens with one attached hydrogen (secondary N) is 1. The number of carbonyl (C=O) groups is 1. The van der Waals surface area contributed by atoms with Crippen LogP contribution in [0.4, 0.5) is 4.39 Å². The molecule has 2 N–H and O–H groups in total. The van der Waals surface area contributed by atoms with Crippen molar-refractivity contribution < 1.29 is 14.3 Å². The molecule has 0 aromatic heterocycles. The zero-order valence-electron chi connectivity index (χ0n) is 10.2. The van der Waals surface area contributed by atoms with Gasteiger partial charge in [-0.25, -0.2) is 4.39 Å². The van der Waals surface area contributed by atoms with E-state index in [0.29, 0.717) is 13.0 Å². The molecule has 0 radical (unpaired) electrons. The highest BCUT2D eigenvalue weighted by atomic mass is 35.5. The number of aliphatic hydroxyl groups is 1. The molecule has 0 aliphatic carbocycles. The average Bonchev–Trinajstić information content (AvgIpc) is 2.37. The van der Waals surface area contributed by atoms with Crippen LogP contribution in [0.3, 0.4) is 0 Å². The normalized spacial score (nSPS) is 12.2. The molecule has 1 amide bonds. The lowest BCUT2D eigenvalue weighted by Gasteiger charge is -2.14. The van der Waals surface area contributed by atoms with E-state index in [9.17, 15) is 9.18 Å². The van der Waals surface area contributed by atoms with Gasteiger partial charge in [0.2, 0.25) is 0 Å². The van der Waals surface area contributed by atoms with E-state index in [1.54, 1.807) is 0 Å². The third kappa shape index (κ3) is 3.96. The third-order valence-corrected chi connectivity index (χ3v) is 3.15. The first-order chi connectivity index (χ1) is 8.60. The van der Waals surface area contributed by atoms with E-state index >= 15 is 0 Å². The van der Waals surface area contributed by atoms with Crippen LogP contribution in [0.15, 0.2) is 18.2 Å². The minimum Gasteiger partial charge on any atom is -0.396 e. The highest BCUT2D eigenvalue weighted by molar-refractivity contribution is 6.31. The van der Waals surface area contributed by atoms with Gasteiger partial charge in [0.05, 0.1) is 10.6 Å². The molecule has 1 atom stereocenters. The van der Waals surface area contributed by atoms with Gasteiger partial charge < -0.3 is 10.4 Å². The Hall–Kier alpha value is -1.13. The van der Waals surface area contributed by atoms with E-state index in [1.165, 1.54) is 18.2 Å². The van der Waals surface area contributed by atoms with Crippen molar-refractivity contribution in [3.8, 4) is 0 Å². The second kappa shape index (κ2) is 7.34. The van der Waals surface area contributed by atoms with Crippen molar-refractivity contribution in [2.45, 2.75) is 19.8 Å². The molecule has 0 bridgehead atoms. The monoisotopic (exact) mass is 273 g/mol. The van der Waals surface area contributed by atoms with Gasteiger partial charge in [-0.3, -0.25) is 4.79 Å². The van der Waals surface area contributed by atoms with Crippen LogP contribution in [-0.2, 0) is 0 Å². The second-order valence-electron chi connectivity index (χ2n) is 4.10. The molecule has 0 saturated carbocycles. The summed E-state index contributed by atoms with van der Waals surface area (Å²) in [6, 6.07) is 4.32. The predicted octanol–water partition coefficient (Wildman–Crippen LogP) is 2.62. The van der Waals surface area contributed by atoms with Crippen molar-refractivity contribution in [2.75, 3.05) is 13.2 Å². The topological polar surface area (TPSA) is 49.3 Å². The highest BCUT2D eigenvalue weighted by Crippen LogP contribution is 2.17. The van der Waals surface area contributed by atoms with Gasteiger partial charge in [0, 0.05) is 13.2 Å². The first kappa shape index (κ1) is 14.9. The summed E-state index contributed by atoms with van der Waals surface area (Å²) in [7, 11) is 0.